The number of para-hydroxylation sites is 1. The first-order valence-electron chi connectivity index (χ1n) is 14.5. The summed E-state index contributed by atoms with van der Waals surface area (Å²) in [6.45, 7) is 6.52. The Morgan fingerprint density at radius 2 is 1.68 bits per heavy atom. The van der Waals surface area contributed by atoms with Crippen LogP contribution in [0.3, 0.4) is 0 Å². The van der Waals surface area contributed by atoms with E-state index in [0.29, 0.717) is 5.75 Å². The fourth-order valence-electron chi connectivity index (χ4n) is 6.05. The number of carbonyl (C=O) groups is 1. The second-order valence-electron chi connectivity index (χ2n) is 10.9. The van der Waals surface area contributed by atoms with Gasteiger partial charge in [-0.2, -0.15) is 0 Å². The molecule has 208 valence electrons. The van der Waals surface area contributed by atoms with Crippen LogP contribution in [0.25, 0.3) is 43.7 Å². The number of nitrogens with zero attached hydrogens (tertiary/aromatic N) is 1. The van der Waals surface area contributed by atoms with Crippen molar-refractivity contribution >= 4 is 61.1 Å². The quantitative estimate of drug-likeness (QED) is 0.168. The van der Waals surface area contributed by atoms with E-state index in [-0.39, 0.29) is 5.56 Å². The van der Waals surface area contributed by atoms with Gasteiger partial charge in [-0.1, -0.05) is 57.0 Å². The maximum absolute atomic E-state index is 11.4. The molecular weight excluding hydrogens is 514 g/mol. The zero-order valence-corrected chi connectivity index (χ0v) is 23.3. The van der Waals surface area contributed by atoms with Gasteiger partial charge in [0.25, 0.3) is 0 Å². The Bertz CT molecular complexity index is 1910. The summed E-state index contributed by atoms with van der Waals surface area (Å²) in [7, 11) is 0. The first-order chi connectivity index (χ1) is 20.1. The maximum Gasteiger partial charge on any atom is 0.335 e. The van der Waals surface area contributed by atoms with Crippen molar-refractivity contribution in [2.45, 2.75) is 45.8 Å². The fourth-order valence-corrected chi connectivity index (χ4v) is 6.05. The van der Waals surface area contributed by atoms with Crippen LogP contribution in [-0.2, 0) is 0 Å². The number of rotatable bonds is 9. The number of unbranched alkanes of at least 4 members (excludes halogenated alkanes) is 2. The summed E-state index contributed by atoms with van der Waals surface area (Å²) in [6, 6.07) is 21.7. The summed E-state index contributed by atoms with van der Waals surface area (Å²) in [5.74, 6) is -0.288. The predicted molar refractivity (Wildman–Crippen MR) is 166 cm³/mol. The Labute approximate surface area is 237 Å². The van der Waals surface area contributed by atoms with Crippen molar-refractivity contribution in [3.05, 3.63) is 77.9 Å². The van der Waals surface area contributed by atoms with Crippen LogP contribution in [0.1, 0.15) is 61.7 Å². The van der Waals surface area contributed by atoms with E-state index in [1.165, 1.54) is 5.69 Å². The SMILES string of the molecule is CCCCN(CCCC)c1ccc2c(c1)oc1c3c(c4[nH]c5ccccc5c4c12)NC(c1ccc(C(=O)O)cc1)O3. The van der Waals surface area contributed by atoms with Gasteiger partial charge >= 0.3 is 5.97 Å². The molecule has 0 amide bonds. The fraction of sp³-hybridized carbons (Fsp3) is 0.265. The van der Waals surface area contributed by atoms with Gasteiger partial charge in [-0.05, 0) is 43.2 Å². The molecule has 7 rings (SSSR count). The van der Waals surface area contributed by atoms with Gasteiger partial charge in [0.05, 0.1) is 11.1 Å². The molecule has 3 heterocycles. The summed E-state index contributed by atoms with van der Waals surface area (Å²) in [5.41, 5.74) is 6.68. The first kappa shape index (κ1) is 25.3. The van der Waals surface area contributed by atoms with Crippen LogP contribution < -0.4 is 15.0 Å². The van der Waals surface area contributed by atoms with E-state index in [2.05, 4.69) is 65.4 Å². The molecule has 1 atom stereocenters. The molecular formula is C34H33N3O4. The van der Waals surface area contributed by atoms with Crippen molar-refractivity contribution in [2.75, 3.05) is 23.3 Å². The van der Waals surface area contributed by atoms with Crippen LogP contribution in [0.2, 0.25) is 0 Å². The van der Waals surface area contributed by atoms with E-state index < -0.39 is 12.2 Å². The van der Waals surface area contributed by atoms with Gasteiger partial charge in [-0.25, -0.2) is 4.79 Å². The van der Waals surface area contributed by atoms with Crippen molar-refractivity contribution in [3.8, 4) is 5.75 Å². The average molecular weight is 548 g/mol. The number of ether oxygens (including phenoxy) is 1. The number of anilines is 2. The highest BCUT2D eigenvalue weighted by Crippen LogP contribution is 2.52. The summed E-state index contributed by atoms with van der Waals surface area (Å²) < 4.78 is 13.2. The van der Waals surface area contributed by atoms with Crippen LogP contribution in [0.15, 0.2) is 71.1 Å². The van der Waals surface area contributed by atoms with Crippen LogP contribution in [-0.4, -0.2) is 29.1 Å². The highest BCUT2D eigenvalue weighted by Gasteiger charge is 2.32. The molecule has 6 aromatic rings. The summed E-state index contributed by atoms with van der Waals surface area (Å²) >= 11 is 0. The molecule has 1 aliphatic heterocycles. The minimum atomic E-state index is -0.953. The number of carboxylic acids is 1. The minimum absolute atomic E-state index is 0.240. The van der Waals surface area contributed by atoms with E-state index in [4.69, 9.17) is 9.15 Å². The molecule has 4 aromatic carbocycles. The molecule has 0 radical (unpaired) electrons. The molecule has 0 fully saturated rings. The normalized spacial score (nSPS) is 14.5. The summed E-state index contributed by atoms with van der Waals surface area (Å²) in [6.07, 6.45) is 4.14. The summed E-state index contributed by atoms with van der Waals surface area (Å²) in [5, 5.41) is 17.2. The van der Waals surface area contributed by atoms with Gasteiger partial charge < -0.3 is 29.5 Å². The van der Waals surface area contributed by atoms with Crippen LogP contribution in [0.5, 0.6) is 5.75 Å². The van der Waals surface area contributed by atoms with Crippen molar-refractivity contribution in [2.24, 2.45) is 0 Å². The maximum atomic E-state index is 11.4. The molecule has 0 spiro atoms. The highest BCUT2D eigenvalue weighted by atomic mass is 16.5. The Balaban J connectivity index is 1.41. The molecule has 0 bridgehead atoms. The van der Waals surface area contributed by atoms with Crippen molar-refractivity contribution in [3.63, 3.8) is 0 Å². The molecule has 0 saturated carbocycles. The Hall–Kier alpha value is -4.65. The molecule has 7 heteroatoms. The number of carboxylic acid groups (broad SMARTS) is 1. The number of fused-ring (bicyclic) bond motifs is 10. The molecule has 0 aliphatic carbocycles. The van der Waals surface area contributed by atoms with E-state index in [1.807, 2.05) is 6.07 Å². The third kappa shape index (κ3) is 4.15. The molecule has 7 nitrogen and oxygen atoms in total. The molecule has 1 unspecified atom stereocenters. The Morgan fingerprint density at radius 3 is 2.41 bits per heavy atom. The first-order valence-corrected chi connectivity index (χ1v) is 14.5. The number of aromatic amines is 1. The number of hydrogen-bond acceptors (Lipinski definition) is 5. The van der Waals surface area contributed by atoms with Gasteiger partial charge in [0.15, 0.2) is 17.6 Å². The lowest BCUT2D eigenvalue weighted by Gasteiger charge is -2.24. The lowest BCUT2D eigenvalue weighted by molar-refractivity contribution is 0.0696. The molecule has 41 heavy (non-hydrogen) atoms. The molecule has 2 aromatic heterocycles. The minimum Gasteiger partial charge on any atom is -0.478 e. The number of aromatic nitrogens is 1. The number of aromatic carboxylic acids is 1. The molecule has 1 aliphatic rings. The van der Waals surface area contributed by atoms with Gasteiger partial charge in [0.1, 0.15) is 11.3 Å². The van der Waals surface area contributed by atoms with Crippen molar-refractivity contribution in [1.29, 1.82) is 0 Å². The topological polar surface area (TPSA) is 90.7 Å². The second-order valence-corrected chi connectivity index (χ2v) is 10.9. The van der Waals surface area contributed by atoms with Crippen LogP contribution >= 0.6 is 0 Å². The van der Waals surface area contributed by atoms with Crippen LogP contribution in [0, 0.1) is 0 Å². The average Bonchev–Trinajstić information content (AvgIpc) is 3.70. The van der Waals surface area contributed by atoms with E-state index >= 15 is 0 Å². The monoisotopic (exact) mass is 547 g/mol. The van der Waals surface area contributed by atoms with Crippen LogP contribution in [0.4, 0.5) is 11.4 Å². The lowest BCUT2D eigenvalue weighted by Crippen LogP contribution is -2.25. The molecule has 3 N–H and O–H groups in total. The highest BCUT2D eigenvalue weighted by molar-refractivity contribution is 6.31. The number of H-pyrrole nitrogens is 1. The Kier molecular flexibility index (Phi) is 6.22. The number of furan rings is 1. The molecule has 0 saturated heterocycles. The second kappa shape index (κ2) is 10.1. The van der Waals surface area contributed by atoms with E-state index in [9.17, 15) is 9.90 Å². The van der Waals surface area contributed by atoms with Gasteiger partial charge in [-0.15, -0.1) is 0 Å². The third-order valence-electron chi connectivity index (χ3n) is 8.21. The number of benzene rings is 4. The predicted octanol–water partition coefficient (Wildman–Crippen LogP) is 8.83. The smallest absolute Gasteiger partial charge is 0.335 e. The largest absolute Gasteiger partial charge is 0.478 e. The zero-order chi connectivity index (χ0) is 28.1. The van der Waals surface area contributed by atoms with Gasteiger partial charge in [-0.3, -0.25) is 0 Å². The van der Waals surface area contributed by atoms with E-state index in [0.717, 1.165) is 93.8 Å². The number of nitrogens with one attached hydrogen (secondary N) is 2. The summed E-state index contributed by atoms with van der Waals surface area (Å²) in [4.78, 5) is 17.5. The Morgan fingerprint density at radius 1 is 0.927 bits per heavy atom. The third-order valence-corrected chi connectivity index (χ3v) is 8.21. The number of hydrogen-bond donors (Lipinski definition) is 3. The van der Waals surface area contributed by atoms with Gasteiger partial charge in [0, 0.05) is 57.5 Å². The van der Waals surface area contributed by atoms with Crippen molar-refractivity contribution in [1.82, 2.24) is 4.98 Å². The van der Waals surface area contributed by atoms with Crippen molar-refractivity contribution < 1.29 is 19.1 Å². The zero-order valence-electron chi connectivity index (χ0n) is 23.3. The van der Waals surface area contributed by atoms with E-state index in [1.54, 1.807) is 24.3 Å². The standard InChI is InChI=1S/C34H33N3O4/c1-3-5-17-37(18-6-4-2)22-15-16-24-26(19-22)40-31-28(24)27-23-9-7-8-10-25(23)35-29(27)30-32(31)41-33(36-30)20-11-13-21(14-12-20)34(38)39/h7-16,19,33,35-36H,3-6,17-18H2,1-2H3,(H,38,39). The van der Waals surface area contributed by atoms with Gasteiger partial charge in [0.2, 0.25) is 0 Å². The lowest BCUT2D eigenvalue weighted by atomic mass is 10.0.